The van der Waals surface area contributed by atoms with Crippen molar-refractivity contribution in [2.45, 2.75) is 37.9 Å². The fourth-order valence-corrected chi connectivity index (χ4v) is 6.92. The SMILES string of the molecule is COc1cc2ncnc(Nc3ccc(OCc4cccc(F)c4)c(Br)c3)c2cc1C1(CCCN(C=S(=O)=O)CCc2ccccn2)CC=CO1. The molecule has 1 unspecified atom stereocenters. The molecule has 0 spiro atoms. The second-order valence-electron chi connectivity index (χ2n) is 11.7. The van der Waals surface area contributed by atoms with Crippen molar-refractivity contribution in [3.63, 3.8) is 0 Å². The van der Waals surface area contributed by atoms with Crippen molar-refractivity contribution in [1.29, 1.82) is 0 Å². The normalized spacial score (nSPS) is 15.2. The van der Waals surface area contributed by atoms with Crippen LogP contribution in [0.1, 0.15) is 36.1 Å². The van der Waals surface area contributed by atoms with Crippen molar-refractivity contribution in [2.75, 3.05) is 25.5 Å². The maximum Gasteiger partial charge on any atom is 0.225 e. The van der Waals surface area contributed by atoms with Gasteiger partial charge in [-0.15, -0.1) is 0 Å². The lowest BCUT2D eigenvalue weighted by atomic mass is 9.85. The third kappa shape index (κ3) is 8.65. The van der Waals surface area contributed by atoms with Crippen LogP contribution in [0.4, 0.5) is 15.9 Å². The van der Waals surface area contributed by atoms with Gasteiger partial charge in [-0.1, -0.05) is 18.2 Å². The lowest BCUT2D eigenvalue weighted by molar-refractivity contribution is 0.0271. The molecule has 0 saturated carbocycles. The zero-order valence-electron chi connectivity index (χ0n) is 27.3. The third-order valence-electron chi connectivity index (χ3n) is 8.41. The first-order chi connectivity index (χ1) is 24.3. The predicted molar refractivity (Wildman–Crippen MR) is 194 cm³/mol. The molecule has 1 aliphatic rings. The van der Waals surface area contributed by atoms with Gasteiger partial charge in [0.2, 0.25) is 10.3 Å². The van der Waals surface area contributed by atoms with E-state index in [1.54, 1.807) is 30.5 Å². The molecule has 13 heteroatoms. The number of rotatable bonds is 15. The van der Waals surface area contributed by atoms with Crippen molar-refractivity contribution in [2.24, 2.45) is 0 Å². The number of aromatic nitrogens is 3. The minimum atomic E-state index is -2.34. The Bertz CT molecular complexity index is 2120. The molecule has 0 radical (unpaired) electrons. The zero-order valence-corrected chi connectivity index (χ0v) is 29.7. The standard InChI is InChI=1S/C37H35BrFN5O5S/c1-47-35-22-33-30(36(42-24-41-33)43-29-10-11-34(32(38)20-29)48-23-26-7-4-8-27(39)19-26)21-31(35)37(14-6-18-49-37)13-5-16-44(25-50(45)46)17-12-28-9-2-3-15-40-28/h2-4,6-11,15,18-22,24-25H,5,12-14,16-17,23H2,1H3,(H,41,42,43). The van der Waals surface area contributed by atoms with Crippen molar-refractivity contribution >= 4 is 54.1 Å². The Morgan fingerprint density at radius 2 is 1.94 bits per heavy atom. The smallest absolute Gasteiger partial charge is 0.225 e. The summed E-state index contributed by atoms with van der Waals surface area (Å²) in [5, 5.41) is 4.18. The van der Waals surface area contributed by atoms with Crippen molar-refractivity contribution in [3.05, 3.63) is 125 Å². The average Bonchev–Trinajstić information content (AvgIpc) is 3.60. The molecule has 3 heterocycles. The minimum absolute atomic E-state index is 0.225. The molecule has 0 fully saturated rings. The molecule has 1 N–H and O–H groups in total. The number of anilines is 2. The van der Waals surface area contributed by atoms with E-state index in [1.807, 2.05) is 60.7 Å². The van der Waals surface area contributed by atoms with Gasteiger partial charge >= 0.3 is 0 Å². The van der Waals surface area contributed by atoms with E-state index in [-0.39, 0.29) is 12.4 Å². The Hall–Kier alpha value is -4.85. The maximum atomic E-state index is 13.6. The van der Waals surface area contributed by atoms with Gasteiger partial charge in [-0.25, -0.2) is 14.4 Å². The van der Waals surface area contributed by atoms with Gasteiger partial charge in [0.25, 0.3) is 0 Å². The Morgan fingerprint density at radius 1 is 1.04 bits per heavy atom. The van der Waals surface area contributed by atoms with Crippen LogP contribution in [0, 0.1) is 5.82 Å². The van der Waals surface area contributed by atoms with E-state index < -0.39 is 15.9 Å². The Kier molecular flexibility index (Phi) is 11.4. The van der Waals surface area contributed by atoms with Gasteiger partial charge in [0.15, 0.2) is 0 Å². The van der Waals surface area contributed by atoms with Crippen LogP contribution < -0.4 is 14.8 Å². The highest BCUT2D eigenvalue weighted by Crippen LogP contribution is 2.45. The molecule has 2 aromatic heterocycles. The summed E-state index contributed by atoms with van der Waals surface area (Å²) in [7, 11) is -0.716. The van der Waals surface area contributed by atoms with Crippen LogP contribution in [-0.4, -0.2) is 54.0 Å². The lowest BCUT2D eigenvalue weighted by Crippen LogP contribution is -2.30. The molecule has 3 aromatic carbocycles. The number of nitrogens with zero attached hydrogens (tertiary/aromatic N) is 4. The van der Waals surface area contributed by atoms with Gasteiger partial charge in [0, 0.05) is 60.5 Å². The molecule has 0 saturated heterocycles. The molecular weight excluding hydrogens is 725 g/mol. The highest BCUT2D eigenvalue weighted by molar-refractivity contribution is 9.10. The fourth-order valence-electron chi connectivity index (χ4n) is 5.97. The van der Waals surface area contributed by atoms with E-state index in [4.69, 9.17) is 14.2 Å². The minimum Gasteiger partial charge on any atom is -0.496 e. The molecule has 1 atom stereocenters. The number of pyridine rings is 1. The summed E-state index contributed by atoms with van der Waals surface area (Å²) in [4.78, 5) is 15.2. The second-order valence-corrected chi connectivity index (χ2v) is 13.3. The Labute approximate surface area is 299 Å². The van der Waals surface area contributed by atoms with Crippen LogP contribution in [-0.2, 0) is 33.7 Å². The first-order valence-corrected chi connectivity index (χ1v) is 17.9. The summed E-state index contributed by atoms with van der Waals surface area (Å²) in [6, 6.07) is 21.5. The van der Waals surface area contributed by atoms with Gasteiger partial charge in [-0.2, -0.15) is 8.42 Å². The number of benzene rings is 3. The Morgan fingerprint density at radius 3 is 2.68 bits per heavy atom. The molecule has 0 amide bonds. The average molecular weight is 761 g/mol. The highest BCUT2D eigenvalue weighted by Gasteiger charge is 2.38. The summed E-state index contributed by atoms with van der Waals surface area (Å²) in [5.41, 5.74) is 4.41. The predicted octanol–water partition coefficient (Wildman–Crippen LogP) is 7.35. The van der Waals surface area contributed by atoms with Gasteiger partial charge in [0.1, 0.15) is 47.2 Å². The summed E-state index contributed by atoms with van der Waals surface area (Å²) < 4.78 is 55.7. The third-order valence-corrected chi connectivity index (χ3v) is 9.50. The van der Waals surface area contributed by atoms with Crippen LogP contribution in [0.15, 0.2) is 102 Å². The van der Waals surface area contributed by atoms with E-state index in [1.165, 1.54) is 24.0 Å². The molecule has 0 bridgehead atoms. The molecule has 258 valence electrons. The molecule has 1 aliphatic heterocycles. The molecule has 6 rings (SSSR count). The molecule has 5 aromatic rings. The monoisotopic (exact) mass is 759 g/mol. The lowest BCUT2D eigenvalue weighted by Gasteiger charge is -2.32. The van der Waals surface area contributed by atoms with E-state index >= 15 is 0 Å². The first kappa shape index (κ1) is 35.0. The fraction of sp³-hybridized carbons (Fsp3) is 0.243. The van der Waals surface area contributed by atoms with Crippen LogP contribution in [0.5, 0.6) is 11.5 Å². The molecule has 0 aliphatic carbocycles. The number of fused-ring (bicyclic) bond motifs is 1. The number of nitrogens with one attached hydrogen (secondary N) is 1. The number of methoxy groups -OCH3 is 1. The second kappa shape index (κ2) is 16.2. The highest BCUT2D eigenvalue weighted by atomic mass is 79.9. The number of hydrogen-bond acceptors (Lipinski definition) is 9. The summed E-state index contributed by atoms with van der Waals surface area (Å²) in [5.74, 6) is 1.53. The number of hydrogen-bond donors (Lipinski definition) is 1. The van der Waals surface area contributed by atoms with Crippen LogP contribution >= 0.6 is 15.9 Å². The van der Waals surface area contributed by atoms with Crippen LogP contribution in [0.2, 0.25) is 0 Å². The van der Waals surface area contributed by atoms with Crippen molar-refractivity contribution in [1.82, 2.24) is 19.9 Å². The quantitative estimate of drug-likeness (QED) is 0.109. The number of ether oxygens (including phenoxy) is 3. The Balaban J connectivity index is 1.21. The van der Waals surface area contributed by atoms with Gasteiger partial charge in [-0.3, -0.25) is 9.88 Å². The van der Waals surface area contributed by atoms with Gasteiger partial charge in [-0.05, 0) is 88.9 Å². The topological polar surface area (TPSA) is 116 Å². The maximum absolute atomic E-state index is 13.6. The molecule has 10 nitrogen and oxygen atoms in total. The zero-order chi connectivity index (χ0) is 34.9. The van der Waals surface area contributed by atoms with E-state index in [9.17, 15) is 12.8 Å². The largest absolute Gasteiger partial charge is 0.496 e. The number of halogens is 2. The van der Waals surface area contributed by atoms with Crippen molar-refractivity contribution in [3.8, 4) is 11.5 Å². The van der Waals surface area contributed by atoms with E-state index in [0.29, 0.717) is 61.6 Å². The van der Waals surface area contributed by atoms with Gasteiger partial charge < -0.3 is 19.5 Å². The van der Waals surface area contributed by atoms with Crippen LogP contribution in [0.25, 0.3) is 10.9 Å². The van der Waals surface area contributed by atoms with E-state index in [2.05, 4.69) is 36.2 Å². The molecule has 50 heavy (non-hydrogen) atoms. The first-order valence-electron chi connectivity index (χ1n) is 16.0. The summed E-state index contributed by atoms with van der Waals surface area (Å²) in [6.45, 7) is 1.25. The summed E-state index contributed by atoms with van der Waals surface area (Å²) >= 11 is 3.59. The van der Waals surface area contributed by atoms with Crippen LogP contribution in [0.3, 0.4) is 0 Å². The molecular formula is C37H35BrFN5O5S. The van der Waals surface area contributed by atoms with Crippen molar-refractivity contribution < 1.29 is 27.0 Å². The van der Waals surface area contributed by atoms with E-state index in [0.717, 1.165) is 32.4 Å². The van der Waals surface area contributed by atoms with Gasteiger partial charge in [0.05, 0.1) is 23.4 Å². The summed E-state index contributed by atoms with van der Waals surface area (Å²) in [6.07, 6.45) is 9.39.